The molecule has 0 atom stereocenters. The third-order valence-electron chi connectivity index (χ3n) is 2.96. The Hall–Kier alpha value is -1.88. The molecule has 4 nitrogen and oxygen atoms in total. The monoisotopic (exact) mass is 290 g/mol. The van der Waals surface area contributed by atoms with E-state index in [1.54, 1.807) is 35.4 Å². The van der Waals surface area contributed by atoms with Crippen LogP contribution in [0.5, 0.6) is 5.75 Å². The third kappa shape index (κ3) is 3.57. The molecule has 0 aliphatic carbocycles. The summed E-state index contributed by atoms with van der Waals surface area (Å²) in [6.45, 7) is 5.02. The van der Waals surface area contributed by atoms with Crippen LogP contribution in [0.1, 0.15) is 28.0 Å². The summed E-state index contributed by atoms with van der Waals surface area (Å²) in [5.74, 6) is 0.688. The molecule has 106 valence electrons. The quantitative estimate of drug-likeness (QED) is 0.849. The molecule has 1 aromatic carbocycles. The minimum Gasteiger partial charge on any atom is -0.487 e. The first-order chi connectivity index (χ1) is 9.60. The van der Waals surface area contributed by atoms with Crippen molar-refractivity contribution in [3.63, 3.8) is 0 Å². The fourth-order valence-corrected chi connectivity index (χ4v) is 2.31. The number of benzene rings is 1. The second-order valence-electron chi connectivity index (χ2n) is 4.49. The minimum atomic E-state index is 0.00227. The fraction of sp³-hybridized carbons (Fsp3) is 0.333. The molecule has 0 N–H and O–H groups in total. The highest BCUT2D eigenvalue weighted by Gasteiger charge is 2.10. The van der Waals surface area contributed by atoms with Crippen molar-refractivity contribution in [1.29, 1.82) is 0 Å². The van der Waals surface area contributed by atoms with Gasteiger partial charge in [0.25, 0.3) is 5.91 Å². The zero-order valence-corrected chi connectivity index (χ0v) is 12.7. The van der Waals surface area contributed by atoms with E-state index in [2.05, 4.69) is 4.98 Å². The van der Waals surface area contributed by atoms with E-state index in [9.17, 15) is 4.79 Å². The van der Waals surface area contributed by atoms with Crippen molar-refractivity contribution in [1.82, 2.24) is 9.88 Å². The lowest BCUT2D eigenvalue weighted by atomic mass is 10.2. The zero-order valence-electron chi connectivity index (χ0n) is 11.9. The van der Waals surface area contributed by atoms with Gasteiger partial charge in [-0.25, -0.2) is 4.98 Å². The van der Waals surface area contributed by atoms with Gasteiger partial charge in [0.1, 0.15) is 12.4 Å². The first-order valence-corrected chi connectivity index (χ1v) is 7.37. The molecule has 0 saturated carbocycles. The maximum Gasteiger partial charge on any atom is 0.253 e. The average molecular weight is 290 g/mol. The Kier molecular flexibility index (Phi) is 4.74. The van der Waals surface area contributed by atoms with E-state index in [4.69, 9.17) is 4.74 Å². The number of thiazole rings is 1. The Balaban J connectivity index is 2.04. The molecule has 1 heterocycles. The normalized spacial score (nSPS) is 10.3. The summed E-state index contributed by atoms with van der Waals surface area (Å²) in [6, 6.07) is 7.25. The number of rotatable bonds is 5. The van der Waals surface area contributed by atoms with Crippen molar-refractivity contribution in [2.24, 2.45) is 0 Å². The molecule has 1 amide bonds. The number of aromatic nitrogens is 1. The number of hydrogen-bond donors (Lipinski definition) is 0. The van der Waals surface area contributed by atoms with Gasteiger partial charge in [-0.2, -0.15) is 0 Å². The summed E-state index contributed by atoms with van der Waals surface area (Å²) in [4.78, 5) is 18.1. The molecule has 0 aliphatic rings. The van der Waals surface area contributed by atoms with Gasteiger partial charge in [-0.15, -0.1) is 11.3 Å². The van der Waals surface area contributed by atoms with Crippen molar-refractivity contribution in [2.75, 3.05) is 13.6 Å². The van der Waals surface area contributed by atoms with Crippen LogP contribution in [0.4, 0.5) is 0 Å². The fourth-order valence-electron chi connectivity index (χ4n) is 1.71. The lowest BCUT2D eigenvalue weighted by molar-refractivity contribution is 0.0802. The maximum absolute atomic E-state index is 12.1. The third-order valence-corrected chi connectivity index (χ3v) is 3.78. The van der Waals surface area contributed by atoms with E-state index in [-0.39, 0.29) is 5.91 Å². The van der Waals surface area contributed by atoms with E-state index in [1.807, 2.05) is 31.4 Å². The first-order valence-electron chi connectivity index (χ1n) is 6.49. The van der Waals surface area contributed by atoms with E-state index < -0.39 is 0 Å². The number of amides is 1. The lowest BCUT2D eigenvalue weighted by Crippen LogP contribution is -2.26. The van der Waals surface area contributed by atoms with Crippen LogP contribution < -0.4 is 4.74 Å². The average Bonchev–Trinajstić information content (AvgIpc) is 2.89. The van der Waals surface area contributed by atoms with Gasteiger partial charge in [-0.05, 0) is 32.0 Å². The molecule has 0 unspecified atom stereocenters. The highest BCUT2D eigenvalue weighted by atomic mass is 32.1. The topological polar surface area (TPSA) is 42.4 Å². The van der Waals surface area contributed by atoms with Crippen LogP contribution in [0, 0.1) is 6.92 Å². The first kappa shape index (κ1) is 14.5. The minimum absolute atomic E-state index is 0.00227. The molecule has 0 fully saturated rings. The van der Waals surface area contributed by atoms with Gasteiger partial charge in [-0.3, -0.25) is 4.79 Å². The summed E-state index contributed by atoms with van der Waals surface area (Å²) in [7, 11) is 1.79. The van der Waals surface area contributed by atoms with Crippen molar-refractivity contribution in [3.8, 4) is 5.75 Å². The summed E-state index contributed by atoms with van der Waals surface area (Å²) in [5, 5.41) is 3.01. The van der Waals surface area contributed by atoms with Crippen molar-refractivity contribution < 1.29 is 9.53 Å². The molecule has 0 saturated heterocycles. The Morgan fingerprint density at radius 2 is 2.25 bits per heavy atom. The van der Waals surface area contributed by atoms with E-state index in [0.29, 0.717) is 24.5 Å². The highest BCUT2D eigenvalue weighted by molar-refractivity contribution is 7.09. The number of hydrogen-bond acceptors (Lipinski definition) is 4. The summed E-state index contributed by atoms with van der Waals surface area (Å²) in [5.41, 5.74) is 1.55. The summed E-state index contributed by atoms with van der Waals surface area (Å²) >= 11 is 1.60. The van der Waals surface area contributed by atoms with Gasteiger partial charge in [0.05, 0.1) is 10.7 Å². The predicted molar refractivity (Wildman–Crippen MR) is 80.3 cm³/mol. The number of carbonyl (C=O) groups is 1. The summed E-state index contributed by atoms with van der Waals surface area (Å²) < 4.78 is 5.68. The molecule has 2 rings (SSSR count). The van der Waals surface area contributed by atoms with Crippen LogP contribution in [0.3, 0.4) is 0 Å². The highest BCUT2D eigenvalue weighted by Crippen LogP contribution is 2.17. The van der Waals surface area contributed by atoms with Gasteiger partial charge < -0.3 is 9.64 Å². The smallest absolute Gasteiger partial charge is 0.253 e. The largest absolute Gasteiger partial charge is 0.487 e. The van der Waals surface area contributed by atoms with Crippen molar-refractivity contribution in [2.45, 2.75) is 20.5 Å². The predicted octanol–water partition coefficient (Wildman–Crippen LogP) is 3.12. The molecular formula is C15H18N2O2S. The molecule has 2 aromatic rings. The lowest BCUT2D eigenvalue weighted by Gasteiger charge is -2.15. The van der Waals surface area contributed by atoms with Gasteiger partial charge in [0.2, 0.25) is 0 Å². The van der Waals surface area contributed by atoms with Gasteiger partial charge in [-0.1, -0.05) is 6.07 Å². The number of ether oxygens (including phenoxy) is 1. The van der Waals surface area contributed by atoms with Gasteiger partial charge >= 0.3 is 0 Å². The van der Waals surface area contributed by atoms with Gasteiger partial charge in [0, 0.05) is 24.5 Å². The summed E-state index contributed by atoms with van der Waals surface area (Å²) in [6.07, 6.45) is 0. The number of nitrogens with zero attached hydrogens (tertiary/aromatic N) is 2. The standard InChI is InChI=1S/C15H18N2O2S/c1-4-17(3)15(18)12-6-5-7-14(8-12)19-9-13-10-20-11(2)16-13/h5-8,10H,4,9H2,1-3H3. The second-order valence-corrected chi connectivity index (χ2v) is 5.56. The van der Waals surface area contributed by atoms with Crippen molar-refractivity contribution >= 4 is 17.2 Å². The van der Waals surface area contributed by atoms with E-state index in [0.717, 1.165) is 10.7 Å². The van der Waals surface area contributed by atoms with Gasteiger partial charge in [0.15, 0.2) is 0 Å². The van der Waals surface area contributed by atoms with Crippen LogP contribution in [0.2, 0.25) is 0 Å². The van der Waals surface area contributed by atoms with Crippen LogP contribution >= 0.6 is 11.3 Å². The van der Waals surface area contributed by atoms with E-state index in [1.165, 1.54) is 0 Å². The van der Waals surface area contributed by atoms with Crippen LogP contribution in [0.25, 0.3) is 0 Å². The maximum atomic E-state index is 12.1. The van der Waals surface area contributed by atoms with Crippen LogP contribution in [-0.2, 0) is 6.61 Å². The molecular weight excluding hydrogens is 272 g/mol. The number of carbonyl (C=O) groups excluding carboxylic acids is 1. The molecule has 0 radical (unpaired) electrons. The molecule has 5 heteroatoms. The molecule has 0 spiro atoms. The Morgan fingerprint density at radius 1 is 1.45 bits per heavy atom. The Morgan fingerprint density at radius 3 is 2.90 bits per heavy atom. The van der Waals surface area contributed by atoms with Crippen LogP contribution in [-0.4, -0.2) is 29.4 Å². The Bertz CT molecular complexity index is 595. The van der Waals surface area contributed by atoms with E-state index >= 15 is 0 Å². The molecule has 1 aromatic heterocycles. The van der Waals surface area contributed by atoms with Crippen LogP contribution in [0.15, 0.2) is 29.6 Å². The Labute approximate surface area is 123 Å². The molecule has 0 aliphatic heterocycles. The molecule has 20 heavy (non-hydrogen) atoms. The second kappa shape index (κ2) is 6.52. The number of aryl methyl sites for hydroxylation is 1. The zero-order chi connectivity index (χ0) is 14.5. The molecule has 0 bridgehead atoms. The SMILES string of the molecule is CCN(C)C(=O)c1cccc(OCc2csc(C)n2)c1. The van der Waals surface area contributed by atoms with Crippen molar-refractivity contribution in [3.05, 3.63) is 45.9 Å².